The third kappa shape index (κ3) is 3.95. The van der Waals surface area contributed by atoms with Gasteiger partial charge in [0.15, 0.2) is 0 Å². The van der Waals surface area contributed by atoms with E-state index in [1.165, 1.54) is 24.8 Å². The van der Waals surface area contributed by atoms with Gasteiger partial charge in [-0.1, -0.05) is 12.1 Å². The Morgan fingerprint density at radius 2 is 2.11 bits per heavy atom. The molecule has 1 aromatic rings. The highest BCUT2D eigenvalue weighted by molar-refractivity contribution is 5.28. The van der Waals surface area contributed by atoms with Gasteiger partial charge in [-0.05, 0) is 50.8 Å². The maximum absolute atomic E-state index is 5.70. The minimum atomic E-state index is 0.0893. The quantitative estimate of drug-likeness (QED) is 0.820. The molecule has 0 radical (unpaired) electrons. The summed E-state index contributed by atoms with van der Waals surface area (Å²) in [6.45, 7) is 5.88. The summed E-state index contributed by atoms with van der Waals surface area (Å²) in [7, 11) is 1.82. The molecule has 1 fully saturated rings. The second-order valence-electron chi connectivity index (χ2n) is 5.66. The molecular weight excluding hydrogens is 238 g/mol. The lowest BCUT2D eigenvalue weighted by Gasteiger charge is -2.40. The SMILES string of the molecule is COC1(CNCc2cccc(OC(C)C)c2)CCC1. The molecule has 2 rings (SSSR count). The smallest absolute Gasteiger partial charge is 0.120 e. The van der Waals surface area contributed by atoms with Gasteiger partial charge in [0.2, 0.25) is 0 Å². The lowest BCUT2D eigenvalue weighted by atomic mass is 9.80. The van der Waals surface area contributed by atoms with Crippen molar-refractivity contribution in [3.05, 3.63) is 29.8 Å². The van der Waals surface area contributed by atoms with Crippen molar-refractivity contribution in [2.45, 2.75) is 51.4 Å². The summed E-state index contributed by atoms with van der Waals surface area (Å²) in [4.78, 5) is 0. The molecule has 0 spiro atoms. The standard InChI is InChI=1S/C16H25NO2/c1-13(2)19-15-7-4-6-14(10-15)11-17-12-16(18-3)8-5-9-16/h4,6-7,10,13,17H,5,8-9,11-12H2,1-3H3. The van der Waals surface area contributed by atoms with Crippen LogP contribution in [0.2, 0.25) is 0 Å². The molecule has 0 aliphatic heterocycles. The summed E-state index contributed by atoms with van der Waals surface area (Å²) >= 11 is 0. The predicted octanol–water partition coefficient (Wildman–Crippen LogP) is 3.13. The highest BCUT2D eigenvalue weighted by Gasteiger charge is 2.36. The van der Waals surface area contributed by atoms with E-state index in [1.807, 2.05) is 33.1 Å². The van der Waals surface area contributed by atoms with Crippen LogP contribution in [0.3, 0.4) is 0 Å². The summed E-state index contributed by atoms with van der Waals surface area (Å²) in [6.07, 6.45) is 3.85. The van der Waals surface area contributed by atoms with Crippen molar-refractivity contribution >= 4 is 0 Å². The number of benzene rings is 1. The second-order valence-corrected chi connectivity index (χ2v) is 5.66. The van der Waals surface area contributed by atoms with Crippen molar-refractivity contribution in [1.29, 1.82) is 0 Å². The molecular formula is C16H25NO2. The van der Waals surface area contributed by atoms with E-state index in [0.717, 1.165) is 18.8 Å². The van der Waals surface area contributed by atoms with Crippen LogP contribution in [0.25, 0.3) is 0 Å². The Kier molecular flexibility index (Phi) is 4.83. The minimum Gasteiger partial charge on any atom is -0.491 e. The van der Waals surface area contributed by atoms with Crippen LogP contribution in [-0.2, 0) is 11.3 Å². The van der Waals surface area contributed by atoms with Crippen molar-refractivity contribution in [2.24, 2.45) is 0 Å². The van der Waals surface area contributed by atoms with Gasteiger partial charge < -0.3 is 14.8 Å². The Bertz CT molecular complexity index is 394. The molecule has 0 bridgehead atoms. The van der Waals surface area contributed by atoms with Crippen LogP contribution in [-0.4, -0.2) is 25.4 Å². The van der Waals surface area contributed by atoms with Crippen molar-refractivity contribution in [3.63, 3.8) is 0 Å². The minimum absolute atomic E-state index is 0.0893. The summed E-state index contributed by atoms with van der Waals surface area (Å²) in [6, 6.07) is 8.28. The third-order valence-electron chi connectivity index (χ3n) is 3.74. The molecule has 0 atom stereocenters. The van der Waals surface area contributed by atoms with Gasteiger partial charge in [-0.15, -0.1) is 0 Å². The first-order valence-corrected chi connectivity index (χ1v) is 7.15. The van der Waals surface area contributed by atoms with E-state index in [1.54, 1.807) is 0 Å². The maximum Gasteiger partial charge on any atom is 0.120 e. The molecule has 1 N–H and O–H groups in total. The monoisotopic (exact) mass is 263 g/mol. The molecule has 3 heteroatoms. The zero-order valence-corrected chi connectivity index (χ0v) is 12.2. The fourth-order valence-corrected chi connectivity index (χ4v) is 2.46. The van der Waals surface area contributed by atoms with E-state index in [4.69, 9.17) is 9.47 Å². The fraction of sp³-hybridized carbons (Fsp3) is 0.625. The van der Waals surface area contributed by atoms with E-state index < -0.39 is 0 Å². The lowest BCUT2D eigenvalue weighted by molar-refractivity contribution is -0.0695. The van der Waals surface area contributed by atoms with Crippen LogP contribution in [0.5, 0.6) is 5.75 Å². The van der Waals surface area contributed by atoms with Crippen LogP contribution in [0, 0.1) is 0 Å². The van der Waals surface area contributed by atoms with Gasteiger partial charge in [0.05, 0.1) is 11.7 Å². The number of rotatable bonds is 7. The van der Waals surface area contributed by atoms with Gasteiger partial charge in [-0.25, -0.2) is 0 Å². The number of methoxy groups -OCH3 is 1. The van der Waals surface area contributed by atoms with E-state index in [2.05, 4.69) is 17.4 Å². The molecule has 1 aliphatic carbocycles. The zero-order chi connectivity index (χ0) is 13.7. The summed E-state index contributed by atoms with van der Waals surface area (Å²) in [5.74, 6) is 0.944. The second kappa shape index (κ2) is 6.40. The van der Waals surface area contributed by atoms with Crippen molar-refractivity contribution < 1.29 is 9.47 Å². The Balaban J connectivity index is 1.82. The van der Waals surface area contributed by atoms with Crippen LogP contribution < -0.4 is 10.1 Å². The molecule has 19 heavy (non-hydrogen) atoms. The van der Waals surface area contributed by atoms with Gasteiger partial charge in [0.1, 0.15) is 5.75 Å². The molecule has 1 saturated carbocycles. The van der Waals surface area contributed by atoms with E-state index in [-0.39, 0.29) is 11.7 Å². The average molecular weight is 263 g/mol. The molecule has 3 nitrogen and oxygen atoms in total. The highest BCUT2D eigenvalue weighted by Crippen LogP contribution is 2.34. The molecule has 1 aliphatic rings. The Morgan fingerprint density at radius 3 is 2.68 bits per heavy atom. The number of hydrogen-bond donors (Lipinski definition) is 1. The van der Waals surface area contributed by atoms with Crippen LogP contribution in [0.1, 0.15) is 38.7 Å². The normalized spacial score (nSPS) is 17.3. The molecule has 106 valence electrons. The first-order chi connectivity index (χ1) is 9.13. The zero-order valence-electron chi connectivity index (χ0n) is 12.2. The topological polar surface area (TPSA) is 30.5 Å². The maximum atomic E-state index is 5.70. The van der Waals surface area contributed by atoms with Crippen LogP contribution in [0.15, 0.2) is 24.3 Å². The van der Waals surface area contributed by atoms with Crippen molar-refractivity contribution in [1.82, 2.24) is 5.32 Å². The van der Waals surface area contributed by atoms with Crippen LogP contribution >= 0.6 is 0 Å². The van der Waals surface area contributed by atoms with Crippen LogP contribution in [0.4, 0.5) is 0 Å². The molecule has 0 saturated heterocycles. The molecule has 0 heterocycles. The summed E-state index contributed by atoms with van der Waals surface area (Å²) in [5, 5.41) is 3.50. The summed E-state index contributed by atoms with van der Waals surface area (Å²) in [5.41, 5.74) is 1.34. The highest BCUT2D eigenvalue weighted by atomic mass is 16.5. The summed E-state index contributed by atoms with van der Waals surface area (Å²) < 4.78 is 11.3. The number of nitrogens with one attached hydrogen (secondary N) is 1. The van der Waals surface area contributed by atoms with Gasteiger partial charge >= 0.3 is 0 Å². The van der Waals surface area contributed by atoms with Gasteiger partial charge in [0.25, 0.3) is 0 Å². The predicted molar refractivity (Wildman–Crippen MR) is 77.5 cm³/mol. The Morgan fingerprint density at radius 1 is 1.32 bits per heavy atom. The largest absolute Gasteiger partial charge is 0.491 e. The van der Waals surface area contributed by atoms with Crippen molar-refractivity contribution in [3.8, 4) is 5.75 Å². The molecule has 0 amide bonds. The number of hydrogen-bond acceptors (Lipinski definition) is 3. The Labute approximate surface area is 116 Å². The first kappa shape index (κ1) is 14.4. The van der Waals surface area contributed by atoms with Gasteiger partial charge in [-0.2, -0.15) is 0 Å². The van der Waals surface area contributed by atoms with Gasteiger partial charge in [-0.3, -0.25) is 0 Å². The third-order valence-corrected chi connectivity index (χ3v) is 3.74. The number of ether oxygens (including phenoxy) is 2. The fourth-order valence-electron chi connectivity index (χ4n) is 2.46. The van der Waals surface area contributed by atoms with E-state index in [0.29, 0.717) is 0 Å². The lowest BCUT2D eigenvalue weighted by Crippen LogP contribution is -2.47. The van der Waals surface area contributed by atoms with Gasteiger partial charge in [0, 0.05) is 20.2 Å². The Hall–Kier alpha value is -1.06. The molecule has 1 aromatic carbocycles. The molecule has 0 unspecified atom stereocenters. The molecule has 0 aromatic heterocycles. The van der Waals surface area contributed by atoms with E-state index in [9.17, 15) is 0 Å². The first-order valence-electron chi connectivity index (χ1n) is 7.15. The average Bonchev–Trinajstić information content (AvgIpc) is 2.32. The van der Waals surface area contributed by atoms with Crippen molar-refractivity contribution in [2.75, 3.05) is 13.7 Å². The van der Waals surface area contributed by atoms with E-state index >= 15 is 0 Å².